The summed E-state index contributed by atoms with van der Waals surface area (Å²) in [4.78, 5) is 14.4. The molecule has 1 aliphatic heterocycles. The van der Waals surface area contributed by atoms with E-state index in [0.717, 1.165) is 17.7 Å². The molecule has 0 radical (unpaired) electrons. The quantitative estimate of drug-likeness (QED) is 0.769. The Morgan fingerprint density at radius 2 is 1.76 bits per heavy atom. The van der Waals surface area contributed by atoms with Crippen LogP contribution in [0.5, 0.6) is 0 Å². The summed E-state index contributed by atoms with van der Waals surface area (Å²) >= 11 is 0. The number of halogens is 1. The van der Waals surface area contributed by atoms with Gasteiger partial charge in [-0.25, -0.2) is 4.39 Å². The molecule has 1 amide bonds. The molecule has 0 unspecified atom stereocenters. The maximum atomic E-state index is 13.9. The van der Waals surface area contributed by atoms with Gasteiger partial charge in [-0.2, -0.15) is 0 Å². The maximum Gasteiger partial charge on any atom is 0.261 e. The third kappa shape index (κ3) is 2.33. The molecule has 108 valence electrons. The molecule has 0 bridgehead atoms. The molecule has 1 aliphatic rings. The number of fused-ring (bicyclic) bond motifs is 1. The standard InChI is InChI=1S/C18H18FNO/c1-18(2)11-12-20(16-10-6-4-8-14(16)18)17(21)13-7-3-5-9-15(13)19/h3-10H,11-12H2,1-2H3. The Morgan fingerprint density at radius 1 is 1.10 bits per heavy atom. The highest BCUT2D eigenvalue weighted by Crippen LogP contribution is 2.39. The van der Waals surface area contributed by atoms with Gasteiger partial charge in [0.15, 0.2) is 0 Å². The second kappa shape index (κ2) is 4.99. The summed E-state index contributed by atoms with van der Waals surface area (Å²) in [5.41, 5.74) is 2.19. The van der Waals surface area contributed by atoms with Crippen molar-refractivity contribution in [3.05, 3.63) is 65.5 Å². The molecule has 3 rings (SSSR count). The molecule has 0 atom stereocenters. The zero-order valence-corrected chi connectivity index (χ0v) is 12.3. The van der Waals surface area contributed by atoms with Crippen LogP contribution in [0.1, 0.15) is 36.2 Å². The average molecular weight is 283 g/mol. The molecule has 0 aliphatic carbocycles. The van der Waals surface area contributed by atoms with Crippen molar-refractivity contribution in [2.75, 3.05) is 11.4 Å². The van der Waals surface area contributed by atoms with Crippen LogP contribution in [-0.2, 0) is 5.41 Å². The molecule has 1 heterocycles. The summed E-state index contributed by atoms with van der Waals surface area (Å²) in [5.74, 6) is -0.735. The number of carbonyl (C=O) groups excluding carboxylic acids is 1. The number of para-hydroxylation sites is 1. The highest BCUT2D eigenvalue weighted by Gasteiger charge is 2.34. The van der Waals surface area contributed by atoms with Crippen molar-refractivity contribution < 1.29 is 9.18 Å². The Balaban J connectivity index is 2.05. The zero-order valence-electron chi connectivity index (χ0n) is 12.3. The van der Waals surface area contributed by atoms with Crippen LogP contribution in [0, 0.1) is 5.82 Å². The van der Waals surface area contributed by atoms with Crippen LogP contribution < -0.4 is 4.90 Å². The van der Waals surface area contributed by atoms with Crippen molar-refractivity contribution in [3.8, 4) is 0 Å². The number of anilines is 1. The van der Waals surface area contributed by atoms with E-state index in [0.29, 0.717) is 6.54 Å². The highest BCUT2D eigenvalue weighted by atomic mass is 19.1. The van der Waals surface area contributed by atoms with Crippen molar-refractivity contribution in [2.45, 2.75) is 25.7 Å². The maximum absolute atomic E-state index is 13.9. The van der Waals surface area contributed by atoms with E-state index in [4.69, 9.17) is 0 Å². The van der Waals surface area contributed by atoms with Crippen LogP contribution in [-0.4, -0.2) is 12.5 Å². The predicted octanol–water partition coefficient (Wildman–Crippen LogP) is 4.15. The molecule has 2 aromatic carbocycles. The minimum Gasteiger partial charge on any atom is -0.308 e. The first-order valence-corrected chi connectivity index (χ1v) is 7.16. The first kappa shape index (κ1) is 13.8. The monoisotopic (exact) mass is 283 g/mol. The van der Waals surface area contributed by atoms with Gasteiger partial charge in [-0.15, -0.1) is 0 Å². The number of rotatable bonds is 1. The predicted molar refractivity (Wildman–Crippen MR) is 82.2 cm³/mol. The third-order valence-corrected chi connectivity index (χ3v) is 4.23. The number of nitrogens with zero attached hydrogens (tertiary/aromatic N) is 1. The molecule has 3 heteroatoms. The van der Waals surface area contributed by atoms with Crippen molar-refractivity contribution in [1.82, 2.24) is 0 Å². The van der Waals surface area contributed by atoms with Crippen molar-refractivity contribution in [1.29, 1.82) is 0 Å². The van der Waals surface area contributed by atoms with E-state index in [2.05, 4.69) is 19.9 Å². The fraction of sp³-hybridized carbons (Fsp3) is 0.278. The van der Waals surface area contributed by atoms with Gasteiger partial charge in [0.05, 0.1) is 5.56 Å². The van der Waals surface area contributed by atoms with Crippen LogP contribution >= 0.6 is 0 Å². The van der Waals surface area contributed by atoms with Gasteiger partial charge in [0, 0.05) is 12.2 Å². The molecule has 0 spiro atoms. The Bertz CT molecular complexity index is 693. The normalized spacial score (nSPS) is 16.4. The third-order valence-electron chi connectivity index (χ3n) is 4.23. The van der Waals surface area contributed by atoms with Crippen molar-refractivity contribution in [3.63, 3.8) is 0 Å². The van der Waals surface area contributed by atoms with Gasteiger partial charge in [-0.3, -0.25) is 4.79 Å². The van der Waals surface area contributed by atoms with Gasteiger partial charge < -0.3 is 4.90 Å². The number of carbonyl (C=O) groups is 1. The summed E-state index contributed by atoms with van der Waals surface area (Å²) in [6.07, 6.45) is 0.865. The van der Waals surface area contributed by atoms with Crippen LogP contribution in [0.4, 0.5) is 10.1 Å². The van der Waals surface area contributed by atoms with E-state index in [1.165, 1.54) is 6.07 Å². The lowest BCUT2D eigenvalue weighted by molar-refractivity contribution is 0.0978. The first-order chi connectivity index (χ1) is 10.0. The lowest BCUT2D eigenvalue weighted by atomic mass is 9.77. The Kier molecular flexibility index (Phi) is 3.28. The summed E-state index contributed by atoms with van der Waals surface area (Å²) < 4.78 is 13.9. The lowest BCUT2D eigenvalue weighted by Crippen LogP contribution is -2.41. The summed E-state index contributed by atoms with van der Waals surface area (Å²) in [7, 11) is 0. The summed E-state index contributed by atoms with van der Waals surface area (Å²) in [6.45, 7) is 4.96. The van der Waals surface area contributed by atoms with E-state index in [1.807, 2.05) is 18.2 Å². The van der Waals surface area contributed by atoms with E-state index < -0.39 is 5.82 Å². The van der Waals surface area contributed by atoms with Crippen LogP contribution in [0.2, 0.25) is 0 Å². The SMILES string of the molecule is CC1(C)CCN(C(=O)c2ccccc2F)c2ccccc21. The zero-order chi connectivity index (χ0) is 15.0. The van der Waals surface area contributed by atoms with E-state index in [-0.39, 0.29) is 16.9 Å². The minimum atomic E-state index is -0.468. The summed E-state index contributed by atoms with van der Waals surface area (Å²) in [6, 6.07) is 14.0. The molecular weight excluding hydrogens is 265 g/mol. The lowest BCUT2D eigenvalue weighted by Gasteiger charge is -2.39. The van der Waals surface area contributed by atoms with Gasteiger partial charge in [0.25, 0.3) is 5.91 Å². The number of benzene rings is 2. The fourth-order valence-corrected chi connectivity index (χ4v) is 2.92. The minimum absolute atomic E-state index is 0.0304. The molecule has 0 saturated heterocycles. The van der Waals surface area contributed by atoms with E-state index in [9.17, 15) is 9.18 Å². The Labute approximate surface area is 124 Å². The molecule has 2 nitrogen and oxygen atoms in total. The summed E-state index contributed by atoms with van der Waals surface area (Å²) in [5, 5.41) is 0. The van der Waals surface area contributed by atoms with Crippen LogP contribution in [0.3, 0.4) is 0 Å². The highest BCUT2D eigenvalue weighted by molar-refractivity contribution is 6.07. The van der Waals surface area contributed by atoms with Crippen LogP contribution in [0.25, 0.3) is 0 Å². The van der Waals surface area contributed by atoms with Gasteiger partial charge in [0.1, 0.15) is 5.82 Å². The molecule has 0 aromatic heterocycles. The number of hydrogen-bond acceptors (Lipinski definition) is 1. The molecule has 21 heavy (non-hydrogen) atoms. The average Bonchev–Trinajstić information content (AvgIpc) is 2.47. The van der Waals surface area contributed by atoms with Gasteiger partial charge in [0.2, 0.25) is 0 Å². The van der Waals surface area contributed by atoms with Crippen LogP contribution in [0.15, 0.2) is 48.5 Å². The molecule has 0 saturated carbocycles. The van der Waals surface area contributed by atoms with Crippen molar-refractivity contribution in [2.24, 2.45) is 0 Å². The van der Waals surface area contributed by atoms with Crippen molar-refractivity contribution >= 4 is 11.6 Å². The fourth-order valence-electron chi connectivity index (χ4n) is 2.92. The topological polar surface area (TPSA) is 20.3 Å². The first-order valence-electron chi connectivity index (χ1n) is 7.16. The molecule has 2 aromatic rings. The molecular formula is C18H18FNO. The molecule has 0 N–H and O–H groups in total. The van der Waals surface area contributed by atoms with E-state index in [1.54, 1.807) is 23.1 Å². The Morgan fingerprint density at radius 3 is 2.52 bits per heavy atom. The largest absolute Gasteiger partial charge is 0.308 e. The second-order valence-electron chi connectivity index (χ2n) is 6.09. The smallest absolute Gasteiger partial charge is 0.261 e. The van der Waals surface area contributed by atoms with Gasteiger partial charge in [-0.05, 0) is 35.6 Å². The second-order valence-corrected chi connectivity index (χ2v) is 6.09. The number of amides is 1. The Hall–Kier alpha value is -2.16. The molecule has 0 fully saturated rings. The van der Waals surface area contributed by atoms with Gasteiger partial charge in [-0.1, -0.05) is 44.2 Å². The van der Waals surface area contributed by atoms with E-state index >= 15 is 0 Å². The van der Waals surface area contributed by atoms with Gasteiger partial charge >= 0.3 is 0 Å². The number of hydrogen-bond donors (Lipinski definition) is 0.